The molecule has 8 heteroatoms. The Bertz CT molecular complexity index is 530. The summed E-state index contributed by atoms with van der Waals surface area (Å²) in [5.41, 5.74) is 0.436. The highest BCUT2D eigenvalue weighted by Crippen LogP contribution is 2.19. The van der Waals surface area contributed by atoms with Gasteiger partial charge in [-0.2, -0.15) is 5.10 Å². The molecule has 0 bridgehead atoms. The van der Waals surface area contributed by atoms with Gasteiger partial charge in [0.05, 0.1) is 6.20 Å². The summed E-state index contributed by atoms with van der Waals surface area (Å²) < 4.78 is 5.26. The van der Waals surface area contributed by atoms with E-state index in [2.05, 4.69) is 26.1 Å². The van der Waals surface area contributed by atoms with E-state index in [4.69, 9.17) is 4.74 Å². The van der Waals surface area contributed by atoms with Crippen LogP contribution in [0.3, 0.4) is 0 Å². The van der Waals surface area contributed by atoms with Crippen LogP contribution in [0.2, 0.25) is 0 Å². The van der Waals surface area contributed by atoms with Crippen LogP contribution >= 0.6 is 0 Å². The molecule has 0 aromatic carbocycles. The molecule has 1 aliphatic carbocycles. The Morgan fingerprint density at radius 2 is 1.83 bits per heavy atom. The Balaban J connectivity index is 1.63. The van der Waals surface area contributed by atoms with Crippen molar-refractivity contribution >= 4 is 12.1 Å². The molecule has 0 aliphatic heterocycles. The predicted octanol–water partition coefficient (Wildman–Crippen LogP) is 2.04. The molecule has 1 aromatic rings. The third-order valence-corrected chi connectivity index (χ3v) is 3.79. The molecule has 2 rings (SSSR count). The van der Waals surface area contributed by atoms with Gasteiger partial charge in [-0.05, 0) is 46.5 Å². The SMILES string of the molecule is CC(C)(C)OC(=O)NC1CCC(NC(=O)NCc2cn[nH]c2)CC1. The highest BCUT2D eigenvalue weighted by atomic mass is 16.6. The Hall–Kier alpha value is -2.25. The van der Waals surface area contributed by atoms with Crippen LogP contribution in [0.1, 0.15) is 52.0 Å². The summed E-state index contributed by atoms with van der Waals surface area (Å²) in [4.78, 5) is 23.6. The number of nitrogens with one attached hydrogen (secondary N) is 4. The smallest absolute Gasteiger partial charge is 0.407 e. The van der Waals surface area contributed by atoms with Gasteiger partial charge in [0.15, 0.2) is 0 Å². The first kappa shape index (κ1) is 18.1. The van der Waals surface area contributed by atoms with Crippen molar-refractivity contribution in [2.75, 3.05) is 0 Å². The Labute approximate surface area is 142 Å². The maximum absolute atomic E-state index is 11.9. The number of aromatic amines is 1. The van der Waals surface area contributed by atoms with E-state index >= 15 is 0 Å². The number of alkyl carbamates (subject to hydrolysis) is 1. The fourth-order valence-corrected chi connectivity index (χ4v) is 2.65. The van der Waals surface area contributed by atoms with Crippen molar-refractivity contribution in [3.63, 3.8) is 0 Å². The van der Waals surface area contributed by atoms with Crippen molar-refractivity contribution in [3.8, 4) is 0 Å². The highest BCUT2D eigenvalue weighted by Gasteiger charge is 2.25. The zero-order chi connectivity index (χ0) is 17.6. The lowest BCUT2D eigenvalue weighted by Crippen LogP contribution is -2.47. The van der Waals surface area contributed by atoms with Gasteiger partial charge < -0.3 is 20.7 Å². The maximum atomic E-state index is 11.9. The van der Waals surface area contributed by atoms with E-state index in [9.17, 15) is 9.59 Å². The summed E-state index contributed by atoms with van der Waals surface area (Å²) in [5, 5.41) is 15.2. The lowest BCUT2D eigenvalue weighted by molar-refractivity contribution is 0.0490. The number of hydrogen-bond donors (Lipinski definition) is 4. The third kappa shape index (κ3) is 6.47. The molecule has 0 spiro atoms. The van der Waals surface area contributed by atoms with E-state index < -0.39 is 5.60 Å². The first-order valence-electron chi connectivity index (χ1n) is 8.33. The van der Waals surface area contributed by atoms with Crippen molar-refractivity contribution < 1.29 is 14.3 Å². The quantitative estimate of drug-likeness (QED) is 0.674. The van der Waals surface area contributed by atoms with E-state index in [1.807, 2.05) is 20.8 Å². The Morgan fingerprint density at radius 1 is 1.21 bits per heavy atom. The predicted molar refractivity (Wildman–Crippen MR) is 89.4 cm³/mol. The number of nitrogens with zero attached hydrogens (tertiary/aromatic N) is 1. The average Bonchev–Trinajstić information content (AvgIpc) is 2.98. The zero-order valence-electron chi connectivity index (χ0n) is 14.5. The molecule has 3 amide bonds. The lowest BCUT2D eigenvalue weighted by Gasteiger charge is -2.30. The van der Waals surface area contributed by atoms with Crippen LogP contribution < -0.4 is 16.0 Å². The van der Waals surface area contributed by atoms with E-state index in [0.29, 0.717) is 6.54 Å². The number of carbonyl (C=O) groups is 2. The maximum Gasteiger partial charge on any atom is 0.407 e. The van der Waals surface area contributed by atoms with E-state index in [1.54, 1.807) is 12.4 Å². The van der Waals surface area contributed by atoms with Gasteiger partial charge in [0.25, 0.3) is 0 Å². The minimum atomic E-state index is -0.490. The van der Waals surface area contributed by atoms with Gasteiger partial charge in [-0.25, -0.2) is 9.59 Å². The van der Waals surface area contributed by atoms with Gasteiger partial charge in [0.1, 0.15) is 5.60 Å². The summed E-state index contributed by atoms with van der Waals surface area (Å²) in [5.74, 6) is 0. The third-order valence-electron chi connectivity index (χ3n) is 3.79. The molecule has 0 radical (unpaired) electrons. The number of hydrogen-bond acceptors (Lipinski definition) is 4. The van der Waals surface area contributed by atoms with Crippen LogP contribution in [-0.2, 0) is 11.3 Å². The van der Waals surface area contributed by atoms with Gasteiger partial charge >= 0.3 is 12.1 Å². The monoisotopic (exact) mass is 337 g/mol. The summed E-state index contributed by atoms with van der Waals surface area (Å²) in [6.45, 7) is 5.97. The number of rotatable bonds is 4. The van der Waals surface area contributed by atoms with Crippen molar-refractivity contribution in [2.45, 2.75) is 70.7 Å². The summed E-state index contributed by atoms with van der Waals surface area (Å²) in [6, 6.07) is 0.0534. The normalized spacial score (nSPS) is 21.0. The number of urea groups is 1. The average molecular weight is 337 g/mol. The van der Waals surface area contributed by atoms with Crippen molar-refractivity contribution in [2.24, 2.45) is 0 Å². The van der Waals surface area contributed by atoms with Crippen LogP contribution in [0.4, 0.5) is 9.59 Å². The van der Waals surface area contributed by atoms with Crippen molar-refractivity contribution in [1.82, 2.24) is 26.1 Å². The van der Waals surface area contributed by atoms with Gasteiger partial charge in [0.2, 0.25) is 0 Å². The molecule has 1 aromatic heterocycles. The van der Waals surface area contributed by atoms with E-state index in [0.717, 1.165) is 31.2 Å². The standard InChI is InChI=1S/C16H27N5O3/c1-16(2,3)24-15(23)21-13-6-4-12(5-7-13)20-14(22)17-8-11-9-18-19-10-11/h9-10,12-13H,4-8H2,1-3H3,(H,18,19)(H,21,23)(H2,17,20,22). The minimum Gasteiger partial charge on any atom is -0.444 e. The Kier molecular flexibility index (Phi) is 6.05. The summed E-state index contributed by atoms with van der Waals surface area (Å²) in [6.07, 6.45) is 6.36. The first-order valence-corrected chi connectivity index (χ1v) is 8.33. The second-order valence-corrected chi connectivity index (χ2v) is 7.13. The number of amides is 3. The van der Waals surface area contributed by atoms with Gasteiger partial charge in [-0.1, -0.05) is 0 Å². The second-order valence-electron chi connectivity index (χ2n) is 7.13. The molecule has 134 valence electrons. The van der Waals surface area contributed by atoms with E-state index in [-0.39, 0.29) is 24.2 Å². The topological polar surface area (TPSA) is 108 Å². The minimum absolute atomic E-state index is 0.104. The highest BCUT2D eigenvalue weighted by molar-refractivity contribution is 5.74. The molecule has 0 saturated heterocycles. The van der Waals surface area contributed by atoms with Gasteiger partial charge in [-0.15, -0.1) is 0 Å². The molecule has 8 nitrogen and oxygen atoms in total. The van der Waals surface area contributed by atoms with Crippen LogP contribution in [0.25, 0.3) is 0 Å². The molecular formula is C16H27N5O3. The first-order chi connectivity index (χ1) is 11.3. The molecule has 1 aliphatic rings. The summed E-state index contributed by atoms with van der Waals surface area (Å²) in [7, 11) is 0. The number of carbonyl (C=O) groups excluding carboxylic acids is 2. The molecule has 0 unspecified atom stereocenters. The number of H-pyrrole nitrogens is 1. The molecule has 1 fully saturated rings. The van der Waals surface area contributed by atoms with Crippen molar-refractivity contribution in [3.05, 3.63) is 18.0 Å². The van der Waals surface area contributed by atoms with Gasteiger partial charge in [-0.3, -0.25) is 5.10 Å². The summed E-state index contributed by atoms with van der Waals surface area (Å²) >= 11 is 0. The molecule has 24 heavy (non-hydrogen) atoms. The number of aromatic nitrogens is 2. The fourth-order valence-electron chi connectivity index (χ4n) is 2.65. The Morgan fingerprint density at radius 3 is 2.38 bits per heavy atom. The zero-order valence-corrected chi connectivity index (χ0v) is 14.5. The molecule has 1 saturated carbocycles. The molecule has 0 atom stereocenters. The van der Waals surface area contributed by atoms with E-state index in [1.165, 1.54) is 0 Å². The largest absolute Gasteiger partial charge is 0.444 e. The second kappa shape index (κ2) is 8.03. The van der Waals surface area contributed by atoms with Crippen LogP contribution in [-0.4, -0.2) is 40.0 Å². The molecule has 4 N–H and O–H groups in total. The van der Waals surface area contributed by atoms with Crippen LogP contribution in [0.5, 0.6) is 0 Å². The fraction of sp³-hybridized carbons (Fsp3) is 0.688. The van der Waals surface area contributed by atoms with Crippen molar-refractivity contribution in [1.29, 1.82) is 0 Å². The number of ether oxygens (including phenoxy) is 1. The lowest BCUT2D eigenvalue weighted by atomic mass is 9.91. The van der Waals surface area contributed by atoms with Crippen LogP contribution in [0.15, 0.2) is 12.4 Å². The molecule has 1 heterocycles. The molecular weight excluding hydrogens is 310 g/mol. The van der Waals surface area contributed by atoms with Crippen LogP contribution in [0, 0.1) is 0 Å². The van der Waals surface area contributed by atoms with Gasteiger partial charge in [0, 0.05) is 30.4 Å².